The predicted molar refractivity (Wildman–Crippen MR) is 115 cm³/mol. The second kappa shape index (κ2) is 9.20. The van der Waals surface area contributed by atoms with Crippen LogP contribution in [0.15, 0.2) is 54.5 Å². The number of ketones is 1. The van der Waals surface area contributed by atoms with Gasteiger partial charge in [0.05, 0.1) is 23.6 Å². The minimum atomic E-state index is -0.522. The smallest absolute Gasteiger partial charge is 0.339 e. The van der Waals surface area contributed by atoms with Crippen LogP contribution in [-0.4, -0.2) is 31.1 Å². The summed E-state index contributed by atoms with van der Waals surface area (Å²) in [7, 11) is 1.58. The van der Waals surface area contributed by atoms with Gasteiger partial charge in [0.15, 0.2) is 0 Å². The summed E-state index contributed by atoms with van der Waals surface area (Å²) in [6.45, 7) is 0. The summed E-state index contributed by atoms with van der Waals surface area (Å²) in [6.07, 6.45) is 2.09. The third kappa shape index (κ3) is 4.81. The molecule has 0 amide bonds. The molecule has 8 heteroatoms. The van der Waals surface area contributed by atoms with Crippen LogP contribution in [0.4, 0.5) is 0 Å². The number of fused-ring (bicyclic) bond motifs is 1. The van der Waals surface area contributed by atoms with E-state index in [9.17, 15) is 9.59 Å². The molecule has 2 aliphatic rings. The van der Waals surface area contributed by atoms with E-state index < -0.39 is 5.97 Å². The lowest BCUT2D eigenvalue weighted by molar-refractivity contribution is -0.132. The summed E-state index contributed by atoms with van der Waals surface area (Å²) < 4.78 is 22.2. The van der Waals surface area contributed by atoms with Crippen LogP contribution in [0.5, 0.6) is 11.5 Å². The van der Waals surface area contributed by atoms with Crippen LogP contribution in [0.25, 0.3) is 0 Å². The number of Topliss-reactive ketones (excluding diaryl/α,β-unsaturated/α-hetero) is 1. The predicted octanol–water partition coefficient (Wildman–Crippen LogP) is 5.22. The molecule has 1 heterocycles. The number of allylic oxidation sites excluding steroid dienone is 1. The average molecular weight is 463 g/mol. The van der Waals surface area contributed by atoms with Crippen molar-refractivity contribution in [2.45, 2.75) is 31.5 Å². The number of rotatable bonds is 5. The molecule has 0 aromatic heterocycles. The fourth-order valence-corrected chi connectivity index (χ4v) is 4.24. The van der Waals surface area contributed by atoms with E-state index in [0.717, 1.165) is 0 Å². The van der Waals surface area contributed by atoms with Crippen LogP contribution in [0.2, 0.25) is 10.0 Å². The highest BCUT2D eigenvalue weighted by Crippen LogP contribution is 2.36. The average Bonchev–Trinajstić information content (AvgIpc) is 2.76. The van der Waals surface area contributed by atoms with E-state index in [4.69, 9.17) is 42.1 Å². The Morgan fingerprint density at radius 1 is 1.06 bits per heavy atom. The molecule has 162 valence electrons. The van der Waals surface area contributed by atoms with E-state index >= 15 is 0 Å². The van der Waals surface area contributed by atoms with Gasteiger partial charge in [-0.3, -0.25) is 4.79 Å². The van der Waals surface area contributed by atoms with Crippen LogP contribution in [-0.2, 0) is 14.3 Å². The molecule has 6 nitrogen and oxygen atoms in total. The third-order valence-corrected chi connectivity index (χ3v) is 5.93. The van der Waals surface area contributed by atoms with E-state index in [-0.39, 0.29) is 40.3 Å². The number of halogens is 2. The van der Waals surface area contributed by atoms with Crippen molar-refractivity contribution in [3.05, 3.63) is 70.1 Å². The van der Waals surface area contributed by atoms with Gasteiger partial charge >= 0.3 is 5.97 Å². The minimum Gasteiger partial charge on any atom is -0.497 e. The third-order valence-electron chi connectivity index (χ3n) is 5.39. The number of benzene rings is 2. The second-order valence-electron chi connectivity index (χ2n) is 7.37. The molecule has 1 fully saturated rings. The largest absolute Gasteiger partial charge is 0.497 e. The van der Waals surface area contributed by atoms with Crippen LogP contribution in [0.1, 0.15) is 29.6 Å². The summed E-state index contributed by atoms with van der Waals surface area (Å²) >= 11 is 12.0. The highest BCUT2D eigenvalue weighted by Gasteiger charge is 2.42. The maximum Gasteiger partial charge on any atom is 0.339 e. The van der Waals surface area contributed by atoms with Gasteiger partial charge in [0.1, 0.15) is 30.0 Å². The summed E-state index contributed by atoms with van der Waals surface area (Å²) in [5.74, 6) is 0.399. The molecule has 1 saturated carbocycles. The number of carbonyl (C=O) groups excluding carboxylic acids is 2. The van der Waals surface area contributed by atoms with Crippen LogP contribution >= 0.6 is 23.2 Å². The number of hydrogen-bond acceptors (Lipinski definition) is 6. The first-order valence-corrected chi connectivity index (χ1v) is 10.6. The normalized spacial score (nSPS) is 22.6. The summed E-state index contributed by atoms with van der Waals surface area (Å²) in [5.41, 5.74) is 0.254. The van der Waals surface area contributed by atoms with Gasteiger partial charge in [-0.05, 0) is 55.3 Å². The number of esters is 1. The van der Waals surface area contributed by atoms with Crippen LogP contribution in [0.3, 0.4) is 0 Å². The van der Waals surface area contributed by atoms with Crippen LogP contribution in [0, 0.1) is 5.92 Å². The van der Waals surface area contributed by atoms with Gasteiger partial charge in [-0.1, -0.05) is 23.2 Å². The van der Waals surface area contributed by atoms with Gasteiger partial charge in [-0.2, -0.15) is 0 Å². The van der Waals surface area contributed by atoms with Crippen molar-refractivity contribution >= 4 is 35.0 Å². The van der Waals surface area contributed by atoms with Crippen molar-refractivity contribution in [3.8, 4) is 11.5 Å². The van der Waals surface area contributed by atoms with Crippen molar-refractivity contribution in [1.29, 1.82) is 0 Å². The molecule has 2 aromatic carbocycles. The van der Waals surface area contributed by atoms with Gasteiger partial charge < -0.3 is 18.9 Å². The summed E-state index contributed by atoms with van der Waals surface area (Å²) in [5, 5.41) is 0.675. The Bertz CT molecular complexity index is 1020. The Morgan fingerprint density at radius 2 is 1.81 bits per heavy atom. The van der Waals surface area contributed by atoms with Crippen molar-refractivity contribution in [2.75, 3.05) is 7.11 Å². The molecule has 31 heavy (non-hydrogen) atoms. The lowest BCUT2D eigenvalue weighted by Crippen LogP contribution is -2.43. The zero-order chi connectivity index (χ0) is 22.0. The molecule has 0 spiro atoms. The standard InChI is InChI=1S/C23H20Cl2O6/c1-28-14-3-5-15(6-4-14)30-21-12-29-20-11-16(7-9-18(20)22(21)26)31-23(27)17-8-2-13(24)10-19(17)25/h2-6,8,10,12,16,18,20H,7,9,11H2,1H3. The van der Waals surface area contributed by atoms with Crippen molar-refractivity contribution < 1.29 is 28.5 Å². The molecule has 3 unspecified atom stereocenters. The van der Waals surface area contributed by atoms with Crippen LogP contribution < -0.4 is 9.47 Å². The Kier molecular flexibility index (Phi) is 6.39. The van der Waals surface area contributed by atoms with Gasteiger partial charge in [-0.15, -0.1) is 0 Å². The quantitative estimate of drug-likeness (QED) is 0.567. The van der Waals surface area contributed by atoms with E-state index in [2.05, 4.69) is 0 Å². The molecule has 0 bridgehead atoms. The number of carbonyl (C=O) groups is 2. The first-order valence-electron chi connectivity index (χ1n) is 9.82. The van der Waals surface area contributed by atoms with Crippen molar-refractivity contribution in [2.24, 2.45) is 5.92 Å². The molecule has 3 atom stereocenters. The van der Waals surface area contributed by atoms with E-state index in [0.29, 0.717) is 35.8 Å². The molecule has 1 aliphatic carbocycles. The molecule has 0 N–H and O–H groups in total. The zero-order valence-electron chi connectivity index (χ0n) is 16.7. The SMILES string of the molecule is COc1ccc(OC2=COC3CC(OC(=O)c4ccc(Cl)cc4Cl)CCC3C2=O)cc1. The molecule has 4 rings (SSSR count). The minimum absolute atomic E-state index is 0.113. The number of hydrogen-bond donors (Lipinski definition) is 0. The second-order valence-corrected chi connectivity index (χ2v) is 8.21. The highest BCUT2D eigenvalue weighted by atomic mass is 35.5. The summed E-state index contributed by atoms with van der Waals surface area (Å²) in [6, 6.07) is 11.5. The molecule has 0 saturated heterocycles. The lowest BCUT2D eigenvalue weighted by Gasteiger charge is -2.36. The van der Waals surface area contributed by atoms with Gasteiger partial charge in [0, 0.05) is 11.4 Å². The first-order chi connectivity index (χ1) is 14.9. The van der Waals surface area contributed by atoms with E-state index in [1.165, 1.54) is 18.4 Å². The maximum atomic E-state index is 12.9. The topological polar surface area (TPSA) is 71.1 Å². The lowest BCUT2D eigenvalue weighted by atomic mass is 9.80. The van der Waals surface area contributed by atoms with E-state index in [1.54, 1.807) is 37.4 Å². The molecular weight excluding hydrogens is 443 g/mol. The molecule has 2 aromatic rings. The van der Waals surface area contributed by atoms with Gasteiger partial charge in [0.25, 0.3) is 0 Å². The first kappa shape index (κ1) is 21.5. The maximum absolute atomic E-state index is 12.9. The zero-order valence-corrected chi connectivity index (χ0v) is 18.2. The molecular formula is C23H20Cl2O6. The molecule has 0 radical (unpaired) electrons. The van der Waals surface area contributed by atoms with Gasteiger partial charge in [0.2, 0.25) is 11.5 Å². The highest BCUT2D eigenvalue weighted by molar-refractivity contribution is 6.36. The molecule has 1 aliphatic heterocycles. The Hall–Kier alpha value is -2.70. The number of methoxy groups -OCH3 is 1. The van der Waals surface area contributed by atoms with E-state index in [1.807, 2.05) is 0 Å². The Morgan fingerprint density at radius 3 is 2.52 bits per heavy atom. The van der Waals surface area contributed by atoms with Crippen molar-refractivity contribution in [3.63, 3.8) is 0 Å². The monoisotopic (exact) mass is 462 g/mol. The number of ether oxygens (including phenoxy) is 4. The Balaban J connectivity index is 1.38. The summed E-state index contributed by atoms with van der Waals surface area (Å²) in [4.78, 5) is 25.4. The van der Waals surface area contributed by atoms with Gasteiger partial charge in [-0.25, -0.2) is 4.79 Å². The fourth-order valence-electron chi connectivity index (χ4n) is 3.75. The fraction of sp³-hybridized carbons (Fsp3) is 0.304. The Labute approximate surface area is 189 Å². The van der Waals surface area contributed by atoms with Crippen molar-refractivity contribution in [1.82, 2.24) is 0 Å².